The van der Waals surface area contributed by atoms with Gasteiger partial charge in [-0.2, -0.15) is 0 Å². The van der Waals surface area contributed by atoms with Gasteiger partial charge in [0, 0.05) is 35.8 Å². The summed E-state index contributed by atoms with van der Waals surface area (Å²) in [6, 6.07) is 17.5. The quantitative estimate of drug-likeness (QED) is 0.380. The molecule has 1 aliphatic rings. The highest BCUT2D eigenvalue weighted by Gasteiger charge is 2.23. The topological polar surface area (TPSA) is 64.7 Å². The fraction of sp³-hybridized carbons (Fsp3) is 0.259. The number of rotatable bonds is 4. The van der Waals surface area contributed by atoms with Gasteiger partial charge in [-0.1, -0.05) is 36.4 Å². The number of ether oxygens (including phenoxy) is 2. The highest BCUT2D eigenvalue weighted by Crippen LogP contribution is 2.37. The van der Waals surface area contributed by atoms with Crippen molar-refractivity contribution in [1.82, 2.24) is 15.2 Å². The molecule has 1 aliphatic heterocycles. The van der Waals surface area contributed by atoms with Crippen LogP contribution < -0.4 is 9.64 Å². The molecule has 0 bridgehead atoms. The molecular weight excluding hydrogens is 426 g/mol. The Morgan fingerprint density at radius 1 is 0.971 bits per heavy atom. The Hall–Kier alpha value is -4.02. The number of hydrogen-bond acceptors (Lipinski definition) is 6. The van der Waals surface area contributed by atoms with Gasteiger partial charge in [-0.25, -0.2) is 9.83 Å². The van der Waals surface area contributed by atoms with Crippen molar-refractivity contribution in [3.63, 3.8) is 0 Å². The van der Waals surface area contributed by atoms with E-state index >= 15 is 0 Å². The van der Waals surface area contributed by atoms with Gasteiger partial charge >= 0.3 is 0 Å². The van der Waals surface area contributed by atoms with Crippen molar-refractivity contribution in [2.24, 2.45) is 0 Å². The number of fused-ring (bicyclic) bond motifs is 1. The molecule has 2 atom stereocenters. The van der Waals surface area contributed by atoms with Crippen molar-refractivity contribution in [1.29, 1.82) is 0 Å². The maximum atomic E-state index is 7.17. The van der Waals surface area contributed by atoms with E-state index in [9.17, 15) is 0 Å². The van der Waals surface area contributed by atoms with E-state index in [0.29, 0.717) is 17.1 Å². The number of benzene rings is 2. The van der Waals surface area contributed by atoms with Gasteiger partial charge < -0.3 is 14.4 Å². The second kappa shape index (κ2) is 9.08. The molecule has 2 aromatic heterocycles. The molecule has 7 nitrogen and oxygen atoms in total. The molecule has 0 N–H and O–H groups in total. The summed E-state index contributed by atoms with van der Waals surface area (Å²) in [6.07, 6.45) is 2.16. The lowest BCUT2D eigenvalue weighted by molar-refractivity contribution is -0.00545. The number of nitrogens with zero attached hydrogens (tertiary/aromatic N) is 5. The van der Waals surface area contributed by atoms with Crippen molar-refractivity contribution in [2.75, 3.05) is 25.1 Å². The third kappa shape index (κ3) is 4.04. The van der Waals surface area contributed by atoms with Crippen molar-refractivity contribution >= 4 is 22.4 Å². The van der Waals surface area contributed by atoms with Crippen LogP contribution in [-0.4, -0.2) is 47.6 Å². The molecular formula is C27H25N5O2. The lowest BCUT2D eigenvalue weighted by Gasteiger charge is -2.36. The van der Waals surface area contributed by atoms with E-state index in [-0.39, 0.29) is 12.2 Å². The van der Waals surface area contributed by atoms with Crippen LogP contribution in [0, 0.1) is 6.57 Å². The van der Waals surface area contributed by atoms with E-state index in [1.54, 1.807) is 7.11 Å². The summed E-state index contributed by atoms with van der Waals surface area (Å²) in [4.78, 5) is 10.4. The zero-order chi connectivity index (χ0) is 23.7. The summed E-state index contributed by atoms with van der Waals surface area (Å²) in [5.41, 5.74) is 4.76. The molecule has 7 heteroatoms. The Balaban J connectivity index is 1.52. The Bertz CT molecular complexity index is 1350. The maximum Gasteiger partial charge on any atom is 0.187 e. The summed E-state index contributed by atoms with van der Waals surface area (Å²) < 4.78 is 11.7. The number of morpholine rings is 1. The minimum absolute atomic E-state index is 0.170. The van der Waals surface area contributed by atoms with Gasteiger partial charge in [0.25, 0.3) is 0 Å². The first kappa shape index (κ1) is 21.8. The first-order chi connectivity index (χ1) is 16.6. The first-order valence-electron chi connectivity index (χ1n) is 11.3. The zero-order valence-corrected chi connectivity index (χ0v) is 19.4. The van der Waals surface area contributed by atoms with E-state index in [1.165, 1.54) is 0 Å². The van der Waals surface area contributed by atoms with Crippen molar-refractivity contribution in [2.45, 2.75) is 26.1 Å². The third-order valence-corrected chi connectivity index (χ3v) is 6.02. The van der Waals surface area contributed by atoms with Gasteiger partial charge in [0.15, 0.2) is 11.4 Å². The van der Waals surface area contributed by atoms with Crippen LogP contribution >= 0.6 is 0 Å². The van der Waals surface area contributed by atoms with Gasteiger partial charge in [-0.3, -0.25) is 0 Å². The molecule has 0 saturated carbocycles. The Kier molecular flexibility index (Phi) is 5.83. The average molecular weight is 452 g/mol. The molecule has 34 heavy (non-hydrogen) atoms. The normalized spacial score (nSPS) is 18.0. The van der Waals surface area contributed by atoms with Crippen LogP contribution in [-0.2, 0) is 4.74 Å². The number of hydrogen-bond donors (Lipinski definition) is 0. The van der Waals surface area contributed by atoms with Gasteiger partial charge in [0.1, 0.15) is 17.0 Å². The number of pyridine rings is 1. The standard InChI is InChI=1S/C27H25N5O2/c1-17-15-32(16-18(2)34-17)24-13-10-20(14-29-24)25-27(33-4)23-7-5-6-22(26(23)31-30-25)19-8-11-21(28-3)12-9-19/h5-14,17-18H,15-16H2,1-2,4H3/t17-,18+. The Morgan fingerprint density at radius 3 is 2.35 bits per heavy atom. The second-order valence-electron chi connectivity index (χ2n) is 8.51. The summed E-state index contributed by atoms with van der Waals surface area (Å²) in [6.45, 7) is 13.0. The summed E-state index contributed by atoms with van der Waals surface area (Å²) >= 11 is 0. The Morgan fingerprint density at radius 2 is 1.71 bits per heavy atom. The number of aromatic nitrogens is 3. The molecule has 5 rings (SSSR count). The smallest absolute Gasteiger partial charge is 0.187 e. The SMILES string of the molecule is [C-]#[N+]c1ccc(-c2cccc3c(OC)c(-c4ccc(N5C[C@@H](C)O[C@@H](C)C5)nc4)nnc23)cc1. The van der Waals surface area contributed by atoms with Crippen LogP contribution in [0.3, 0.4) is 0 Å². The van der Waals surface area contributed by atoms with E-state index in [2.05, 4.69) is 33.8 Å². The van der Waals surface area contributed by atoms with Crippen molar-refractivity contribution in [3.8, 4) is 28.1 Å². The van der Waals surface area contributed by atoms with E-state index < -0.39 is 0 Å². The molecule has 0 unspecified atom stereocenters. The van der Waals surface area contributed by atoms with E-state index in [4.69, 9.17) is 21.0 Å². The van der Waals surface area contributed by atoms with E-state index in [1.807, 2.05) is 60.8 Å². The van der Waals surface area contributed by atoms with Crippen LogP contribution in [0.2, 0.25) is 0 Å². The van der Waals surface area contributed by atoms with Gasteiger partial charge in [-0.15, -0.1) is 10.2 Å². The number of anilines is 1. The van der Waals surface area contributed by atoms with Crippen molar-refractivity contribution < 1.29 is 9.47 Å². The largest absolute Gasteiger partial charge is 0.494 e. The minimum atomic E-state index is 0.170. The molecule has 1 fully saturated rings. The summed E-state index contributed by atoms with van der Waals surface area (Å²) in [5.74, 6) is 1.58. The van der Waals surface area contributed by atoms with Gasteiger partial charge in [-0.05, 0) is 37.6 Å². The molecule has 170 valence electrons. The van der Waals surface area contributed by atoms with Crippen LogP contribution in [0.4, 0.5) is 11.5 Å². The van der Waals surface area contributed by atoms with Crippen LogP contribution in [0.1, 0.15) is 13.8 Å². The number of methoxy groups -OCH3 is 1. The zero-order valence-electron chi connectivity index (χ0n) is 19.4. The second-order valence-corrected chi connectivity index (χ2v) is 8.51. The molecule has 2 aromatic carbocycles. The highest BCUT2D eigenvalue weighted by molar-refractivity contribution is 5.99. The predicted octanol–water partition coefficient (Wildman–Crippen LogP) is 5.53. The van der Waals surface area contributed by atoms with Crippen LogP contribution in [0.25, 0.3) is 38.1 Å². The first-order valence-corrected chi connectivity index (χ1v) is 11.3. The molecule has 0 amide bonds. The van der Waals surface area contributed by atoms with E-state index in [0.717, 1.165) is 46.5 Å². The lowest BCUT2D eigenvalue weighted by Crippen LogP contribution is -2.45. The minimum Gasteiger partial charge on any atom is -0.494 e. The van der Waals surface area contributed by atoms with Gasteiger partial charge in [0.05, 0.1) is 25.9 Å². The molecule has 0 spiro atoms. The maximum absolute atomic E-state index is 7.17. The molecule has 4 aromatic rings. The average Bonchev–Trinajstić information content (AvgIpc) is 2.87. The molecule has 1 saturated heterocycles. The van der Waals surface area contributed by atoms with Crippen molar-refractivity contribution in [3.05, 3.63) is 72.2 Å². The molecule has 3 heterocycles. The molecule has 0 radical (unpaired) electrons. The molecule has 0 aliphatic carbocycles. The van der Waals surface area contributed by atoms with Gasteiger partial charge in [0.2, 0.25) is 0 Å². The lowest BCUT2D eigenvalue weighted by atomic mass is 10.0. The third-order valence-electron chi connectivity index (χ3n) is 6.02. The fourth-order valence-corrected chi connectivity index (χ4v) is 4.53. The van der Waals surface area contributed by atoms with Crippen LogP contribution in [0.15, 0.2) is 60.8 Å². The summed E-state index contributed by atoms with van der Waals surface area (Å²) in [7, 11) is 1.65. The van der Waals surface area contributed by atoms with Crippen LogP contribution in [0.5, 0.6) is 5.75 Å². The highest BCUT2D eigenvalue weighted by atomic mass is 16.5. The monoisotopic (exact) mass is 451 g/mol. The Labute approximate surface area is 198 Å². The fourth-order valence-electron chi connectivity index (χ4n) is 4.53. The predicted molar refractivity (Wildman–Crippen MR) is 133 cm³/mol. The summed E-state index contributed by atoms with van der Waals surface area (Å²) in [5, 5.41) is 9.98.